The molecule has 1 unspecified atom stereocenters. The third-order valence-corrected chi connectivity index (χ3v) is 3.63. The predicted octanol–water partition coefficient (Wildman–Crippen LogP) is 1.20. The van der Waals surface area contributed by atoms with Crippen LogP contribution in [0.1, 0.15) is 18.9 Å². The van der Waals surface area contributed by atoms with Crippen LogP contribution in [0.2, 0.25) is 0 Å². The van der Waals surface area contributed by atoms with Crippen LogP contribution < -0.4 is 83.1 Å². The minimum absolute atomic E-state index is 0. The molecule has 24 heavy (non-hydrogen) atoms. The molecule has 3 rings (SSSR count). The number of methoxy groups -OCH3 is 1. The smallest absolute Gasteiger partial charge is 0.520 e. The van der Waals surface area contributed by atoms with E-state index in [1.807, 2.05) is 55.1 Å². The van der Waals surface area contributed by atoms with Gasteiger partial charge in [0, 0.05) is 18.2 Å². The summed E-state index contributed by atoms with van der Waals surface area (Å²) in [5.41, 5.74) is 1.11. The van der Waals surface area contributed by atoms with Crippen LogP contribution in [-0.2, 0) is 11.3 Å². The quantitative estimate of drug-likeness (QED) is 0.626. The van der Waals surface area contributed by atoms with Crippen LogP contribution in [-0.4, -0.2) is 13.4 Å². The summed E-state index contributed by atoms with van der Waals surface area (Å²) in [6.45, 7) is 4.42. The van der Waals surface area contributed by atoms with Crippen LogP contribution in [0.3, 0.4) is 0 Å². The van der Waals surface area contributed by atoms with Gasteiger partial charge in [-0.05, 0) is 12.0 Å². The zero-order valence-corrected chi connectivity index (χ0v) is 20.7. The Labute approximate surface area is 202 Å². The topological polar surface area (TPSA) is 36.9 Å². The van der Waals surface area contributed by atoms with E-state index in [0.717, 1.165) is 12.0 Å². The van der Waals surface area contributed by atoms with E-state index in [0.29, 0.717) is 29.8 Å². The van der Waals surface area contributed by atoms with E-state index in [9.17, 15) is 0 Å². The molecular formula is C19H21CsO4. The third kappa shape index (κ3) is 5.98. The molecule has 0 N–H and O–H groups in total. The molecule has 0 aromatic heterocycles. The molecule has 0 aliphatic carbocycles. The first-order chi connectivity index (χ1) is 11.2. The van der Waals surface area contributed by atoms with Gasteiger partial charge < -0.3 is 18.9 Å². The molecule has 1 heterocycles. The van der Waals surface area contributed by atoms with Gasteiger partial charge in [-0.1, -0.05) is 37.3 Å². The van der Waals surface area contributed by atoms with Gasteiger partial charge in [0.05, 0.1) is 7.11 Å². The van der Waals surface area contributed by atoms with Crippen molar-refractivity contribution in [1.82, 2.24) is 0 Å². The van der Waals surface area contributed by atoms with Crippen molar-refractivity contribution in [2.45, 2.75) is 26.2 Å². The van der Waals surface area contributed by atoms with E-state index < -0.39 is 0 Å². The number of ether oxygens (including phenoxy) is 4. The van der Waals surface area contributed by atoms with E-state index in [4.69, 9.17) is 18.9 Å². The van der Waals surface area contributed by atoms with Crippen molar-refractivity contribution in [2.75, 3.05) is 7.11 Å². The Morgan fingerprint density at radius 3 is 2.46 bits per heavy atom. The zero-order valence-electron chi connectivity index (χ0n) is 14.4. The van der Waals surface area contributed by atoms with Crippen molar-refractivity contribution >= 4 is 0 Å². The molecule has 0 amide bonds. The van der Waals surface area contributed by atoms with E-state index in [1.54, 1.807) is 7.11 Å². The molecule has 0 spiro atoms. The maximum atomic E-state index is 5.87. The van der Waals surface area contributed by atoms with Crippen molar-refractivity contribution in [2.24, 2.45) is 5.92 Å². The first-order valence-corrected chi connectivity index (χ1v) is 7.74. The Kier molecular flexibility index (Phi) is 8.50. The van der Waals surface area contributed by atoms with Crippen LogP contribution in [0.4, 0.5) is 0 Å². The SMILES string of the molecule is COc1cc(OCc2ccccc2)cc(OC2C[C@@H](C)[CH-]O2)c1.[Cs+]. The Balaban J connectivity index is 0.00000208. The fraction of sp³-hybridized carbons (Fsp3) is 0.316. The van der Waals surface area contributed by atoms with E-state index in [1.165, 1.54) is 0 Å². The summed E-state index contributed by atoms with van der Waals surface area (Å²) in [5, 5.41) is 0. The van der Waals surface area contributed by atoms with Crippen LogP contribution in [0.15, 0.2) is 48.5 Å². The van der Waals surface area contributed by atoms with Gasteiger partial charge >= 0.3 is 68.9 Å². The number of hydrogen-bond donors (Lipinski definition) is 0. The second-order valence-electron chi connectivity index (χ2n) is 5.65. The molecule has 0 radical (unpaired) electrons. The summed E-state index contributed by atoms with van der Waals surface area (Å²) in [6, 6.07) is 15.6. The Bertz CT molecular complexity index is 633. The molecular weight excluding hydrogens is 425 g/mol. The number of hydrogen-bond acceptors (Lipinski definition) is 4. The van der Waals surface area contributed by atoms with E-state index >= 15 is 0 Å². The van der Waals surface area contributed by atoms with Gasteiger partial charge in [0.15, 0.2) is 6.29 Å². The van der Waals surface area contributed by atoms with E-state index in [2.05, 4.69) is 6.92 Å². The van der Waals surface area contributed by atoms with Gasteiger partial charge in [-0.3, -0.25) is 0 Å². The molecule has 4 nitrogen and oxygen atoms in total. The molecule has 1 aliphatic rings. The predicted molar refractivity (Wildman–Crippen MR) is 87.4 cm³/mol. The monoisotopic (exact) mass is 446 g/mol. The maximum absolute atomic E-state index is 5.87. The van der Waals surface area contributed by atoms with Gasteiger partial charge in [-0.15, -0.1) is 5.92 Å². The minimum atomic E-state index is -0.251. The van der Waals surface area contributed by atoms with Gasteiger partial charge in [-0.25, -0.2) is 6.61 Å². The van der Waals surface area contributed by atoms with Crippen LogP contribution >= 0.6 is 0 Å². The van der Waals surface area contributed by atoms with Crippen molar-refractivity contribution in [3.8, 4) is 17.2 Å². The first-order valence-electron chi connectivity index (χ1n) is 7.74. The number of benzene rings is 2. The molecule has 2 aromatic carbocycles. The molecule has 2 atom stereocenters. The Hall–Kier alpha value is -0.148. The van der Waals surface area contributed by atoms with Gasteiger partial charge in [0.25, 0.3) is 0 Å². The molecule has 1 saturated heterocycles. The summed E-state index contributed by atoms with van der Waals surface area (Å²) in [4.78, 5) is 0. The fourth-order valence-corrected chi connectivity index (χ4v) is 2.42. The van der Waals surface area contributed by atoms with Crippen molar-refractivity contribution in [3.63, 3.8) is 0 Å². The van der Waals surface area contributed by atoms with Crippen molar-refractivity contribution < 1.29 is 87.8 Å². The molecule has 0 saturated carbocycles. The zero-order chi connectivity index (χ0) is 16.1. The third-order valence-electron chi connectivity index (χ3n) is 3.63. The van der Waals surface area contributed by atoms with Crippen molar-refractivity contribution in [1.29, 1.82) is 0 Å². The molecule has 0 bridgehead atoms. The second kappa shape index (κ2) is 10.1. The molecule has 1 aliphatic heterocycles. The maximum Gasteiger partial charge on any atom is 1.00 e. The largest absolute Gasteiger partial charge is 1.00 e. The summed E-state index contributed by atoms with van der Waals surface area (Å²) in [5.74, 6) is 2.48. The van der Waals surface area contributed by atoms with Crippen LogP contribution in [0.25, 0.3) is 0 Å². The Morgan fingerprint density at radius 1 is 1.08 bits per heavy atom. The summed E-state index contributed by atoms with van der Waals surface area (Å²) < 4.78 is 22.5. The summed E-state index contributed by atoms with van der Waals surface area (Å²) in [7, 11) is 1.63. The second-order valence-corrected chi connectivity index (χ2v) is 5.65. The summed E-state index contributed by atoms with van der Waals surface area (Å²) in [6.07, 6.45) is 0.594. The van der Waals surface area contributed by atoms with Gasteiger partial charge in [-0.2, -0.15) is 0 Å². The summed E-state index contributed by atoms with van der Waals surface area (Å²) >= 11 is 0. The van der Waals surface area contributed by atoms with Gasteiger partial charge in [0.2, 0.25) is 0 Å². The standard InChI is InChI=1S/C19H21O4.Cs/c1-14-8-19(22-12-14)23-18-10-16(20-2)9-17(11-18)21-13-15-6-4-3-5-7-15;/h3-7,9-12,14,19H,8,13H2,1-2H3;/q-1;+1/t14-,19?;/m1./s1. The Morgan fingerprint density at radius 2 is 1.79 bits per heavy atom. The first kappa shape index (κ1) is 20.2. The average Bonchev–Trinajstić information content (AvgIpc) is 2.98. The van der Waals surface area contributed by atoms with E-state index in [-0.39, 0.29) is 75.2 Å². The molecule has 122 valence electrons. The fourth-order valence-electron chi connectivity index (χ4n) is 2.42. The van der Waals surface area contributed by atoms with Crippen LogP contribution in [0.5, 0.6) is 17.2 Å². The average molecular weight is 446 g/mol. The molecule has 1 fully saturated rings. The van der Waals surface area contributed by atoms with Crippen LogP contribution in [0, 0.1) is 12.5 Å². The molecule has 2 aromatic rings. The van der Waals surface area contributed by atoms with Crippen molar-refractivity contribution in [3.05, 3.63) is 60.7 Å². The minimum Gasteiger partial charge on any atom is -0.520 e. The normalized spacial score (nSPS) is 19.4. The van der Waals surface area contributed by atoms with Gasteiger partial charge in [0.1, 0.15) is 23.9 Å². The molecule has 5 heteroatoms. The number of rotatable bonds is 6.